The fraction of sp³-hybridized carbons (Fsp3) is 0.333. The summed E-state index contributed by atoms with van der Waals surface area (Å²) in [4.78, 5) is 30.0. The first-order valence-electron chi connectivity index (χ1n) is 12.1. The summed E-state index contributed by atoms with van der Waals surface area (Å²) in [7, 11) is 0. The highest BCUT2D eigenvalue weighted by atomic mass is 16.5. The lowest BCUT2D eigenvalue weighted by atomic mass is 9.83. The largest absolute Gasteiger partial charge is 0.493 e. The van der Waals surface area contributed by atoms with Gasteiger partial charge >= 0.3 is 0 Å². The lowest BCUT2D eigenvalue weighted by Crippen LogP contribution is -3.13. The van der Waals surface area contributed by atoms with Crippen LogP contribution in [0.5, 0.6) is 5.75 Å². The number of hydrogen-bond donors (Lipinski definition) is 2. The molecule has 3 unspecified atom stereocenters. The molecule has 1 saturated heterocycles. The number of benzene rings is 1. The quantitative estimate of drug-likeness (QED) is 0.404. The van der Waals surface area contributed by atoms with E-state index in [1.165, 1.54) is 16.8 Å². The average Bonchev–Trinajstić information content (AvgIpc) is 2.87. The first kappa shape index (κ1) is 23.0. The number of quaternary nitrogens is 1. The SMILES string of the molecule is CCOc1ccc(C=NNC(=O)c2cccnc2)cc1C[NH+]1CC2CC(C1)c1cccc(=O)n1C2. The van der Waals surface area contributed by atoms with Gasteiger partial charge in [0.25, 0.3) is 11.5 Å². The number of nitrogens with one attached hydrogen (secondary N) is 2. The maximum Gasteiger partial charge on any atom is 0.272 e. The van der Waals surface area contributed by atoms with Gasteiger partial charge in [-0.15, -0.1) is 0 Å². The van der Waals surface area contributed by atoms with Gasteiger partial charge < -0.3 is 14.2 Å². The maximum absolute atomic E-state index is 12.3. The second-order valence-corrected chi connectivity index (χ2v) is 9.27. The van der Waals surface area contributed by atoms with E-state index in [4.69, 9.17) is 4.74 Å². The third-order valence-corrected chi connectivity index (χ3v) is 6.80. The van der Waals surface area contributed by atoms with Crippen molar-refractivity contribution in [2.75, 3.05) is 19.7 Å². The molecule has 2 aliphatic rings. The van der Waals surface area contributed by atoms with Crippen LogP contribution in [0.2, 0.25) is 0 Å². The Hall–Kier alpha value is -3.78. The number of aromatic nitrogens is 2. The van der Waals surface area contributed by atoms with E-state index in [-0.39, 0.29) is 11.5 Å². The summed E-state index contributed by atoms with van der Waals surface area (Å²) >= 11 is 0. The Balaban J connectivity index is 1.30. The molecule has 0 radical (unpaired) electrons. The van der Waals surface area contributed by atoms with Crippen molar-refractivity contribution < 1.29 is 14.4 Å². The van der Waals surface area contributed by atoms with Gasteiger partial charge in [0.2, 0.25) is 0 Å². The molecule has 1 amide bonds. The van der Waals surface area contributed by atoms with Crippen LogP contribution in [-0.4, -0.2) is 41.4 Å². The number of carbonyl (C=O) groups is 1. The molecular formula is C27H30N5O3+. The van der Waals surface area contributed by atoms with Gasteiger partial charge in [-0.1, -0.05) is 6.07 Å². The molecule has 2 bridgehead atoms. The molecule has 0 saturated carbocycles. The molecule has 35 heavy (non-hydrogen) atoms. The van der Waals surface area contributed by atoms with Crippen LogP contribution in [0.4, 0.5) is 0 Å². The molecule has 3 aromatic rings. The Labute approximate surface area is 204 Å². The van der Waals surface area contributed by atoms with Crippen molar-refractivity contribution in [2.24, 2.45) is 11.0 Å². The molecule has 8 heteroatoms. The van der Waals surface area contributed by atoms with Crippen molar-refractivity contribution in [1.82, 2.24) is 15.0 Å². The Morgan fingerprint density at radius 3 is 3.00 bits per heavy atom. The molecule has 3 atom stereocenters. The van der Waals surface area contributed by atoms with Gasteiger partial charge in [-0.05, 0) is 55.3 Å². The number of nitrogens with zero attached hydrogens (tertiary/aromatic N) is 3. The molecule has 5 rings (SSSR count). The minimum Gasteiger partial charge on any atom is -0.493 e. The third-order valence-electron chi connectivity index (χ3n) is 6.80. The molecular weight excluding hydrogens is 442 g/mol. The van der Waals surface area contributed by atoms with E-state index in [0.29, 0.717) is 24.0 Å². The van der Waals surface area contributed by atoms with E-state index >= 15 is 0 Å². The molecule has 1 aromatic carbocycles. The molecule has 180 valence electrons. The van der Waals surface area contributed by atoms with Crippen molar-refractivity contribution in [1.29, 1.82) is 0 Å². The number of rotatable bonds is 7. The molecule has 0 spiro atoms. The molecule has 2 aliphatic heterocycles. The van der Waals surface area contributed by atoms with E-state index < -0.39 is 0 Å². The van der Waals surface area contributed by atoms with E-state index in [0.717, 1.165) is 49.5 Å². The molecule has 1 fully saturated rings. The fourth-order valence-electron chi connectivity index (χ4n) is 5.37. The van der Waals surface area contributed by atoms with E-state index in [1.54, 1.807) is 30.6 Å². The number of piperidine rings is 1. The maximum atomic E-state index is 12.3. The minimum atomic E-state index is -0.302. The van der Waals surface area contributed by atoms with Crippen LogP contribution in [0.15, 0.2) is 70.8 Å². The highest BCUT2D eigenvalue weighted by molar-refractivity contribution is 5.94. The van der Waals surface area contributed by atoms with Crippen molar-refractivity contribution in [3.8, 4) is 5.75 Å². The zero-order valence-electron chi connectivity index (χ0n) is 19.8. The predicted octanol–water partition coefficient (Wildman–Crippen LogP) is 1.61. The topological polar surface area (TPSA) is 90.0 Å². The second kappa shape index (κ2) is 10.2. The van der Waals surface area contributed by atoms with Gasteiger partial charge in [0.1, 0.15) is 12.3 Å². The van der Waals surface area contributed by atoms with Crippen molar-refractivity contribution >= 4 is 12.1 Å². The molecule has 2 N–H and O–H groups in total. The van der Waals surface area contributed by atoms with Gasteiger partial charge in [-0.2, -0.15) is 5.10 Å². The fourth-order valence-corrected chi connectivity index (χ4v) is 5.37. The van der Waals surface area contributed by atoms with Crippen LogP contribution in [0.25, 0.3) is 0 Å². The first-order valence-corrected chi connectivity index (χ1v) is 12.1. The van der Waals surface area contributed by atoms with E-state index in [9.17, 15) is 9.59 Å². The van der Waals surface area contributed by atoms with Crippen molar-refractivity contribution in [2.45, 2.75) is 32.4 Å². The van der Waals surface area contributed by atoms with Crippen LogP contribution in [0.3, 0.4) is 0 Å². The van der Waals surface area contributed by atoms with Gasteiger partial charge in [0.05, 0.1) is 31.5 Å². The summed E-state index contributed by atoms with van der Waals surface area (Å²) in [6.45, 7) is 6.24. The lowest BCUT2D eigenvalue weighted by Gasteiger charge is -2.40. The highest BCUT2D eigenvalue weighted by Crippen LogP contribution is 2.30. The van der Waals surface area contributed by atoms with E-state index in [2.05, 4.69) is 27.6 Å². The summed E-state index contributed by atoms with van der Waals surface area (Å²) in [6.07, 6.45) is 5.92. The number of hydrazone groups is 1. The van der Waals surface area contributed by atoms with Crippen LogP contribution >= 0.6 is 0 Å². The van der Waals surface area contributed by atoms with Gasteiger partial charge in [-0.25, -0.2) is 5.43 Å². The predicted molar refractivity (Wildman–Crippen MR) is 133 cm³/mol. The number of likely N-dealkylation sites (tertiary alicyclic amines) is 1. The number of pyridine rings is 2. The van der Waals surface area contributed by atoms with Crippen LogP contribution in [0, 0.1) is 5.92 Å². The van der Waals surface area contributed by atoms with Gasteiger partial charge in [0.15, 0.2) is 0 Å². The average molecular weight is 473 g/mol. The highest BCUT2D eigenvalue weighted by Gasteiger charge is 2.37. The first-order chi connectivity index (χ1) is 17.1. The van der Waals surface area contributed by atoms with Gasteiger partial charge in [-0.3, -0.25) is 14.6 Å². The normalized spacial score (nSPS) is 20.9. The van der Waals surface area contributed by atoms with Crippen LogP contribution < -0.4 is 20.6 Å². The number of amides is 1. The Bertz CT molecular complexity index is 1290. The zero-order valence-corrected chi connectivity index (χ0v) is 19.8. The Morgan fingerprint density at radius 2 is 2.17 bits per heavy atom. The summed E-state index contributed by atoms with van der Waals surface area (Å²) in [5.74, 6) is 1.47. The second-order valence-electron chi connectivity index (χ2n) is 9.27. The van der Waals surface area contributed by atoms with Crippen LogP contribution in [-0.2, 0) is 13.1 Å². The summed E-state index contributed by atoms with van der Waals surface area (Å²) in [5.41, 5.74) is 6.31. The Kier molecular flexibility index (Phi) is 6.72. The smallest absolute Gasteiger partial charge is 0.272 e. The number of hydrogen-bond acceptors (Lipinski definition) is 5. The van der Waals surface area contributed by atoms with Crippen LogP contribution in [0.1, 0.15) is 46.4 Å². The Morgan fingerprint density at radius 1 is 1.26 bits per heavy atom. The standard InChI is InChI=1S/C27H29N5O3/c1-2-35-25-9-8-19(13-29-30-27(34)21-5-4-10-28-14-21)11-23(25)18-31-15-20-12-22(17-31)24-6-3-7-26(33)32(24)16-20/h3-11,13-14,20,22H,2,12,15-18H2,1H3,(H,30,34)/p+1. The summed E-state index contributed by atoms with van der Waals surface area (Å²) < 4.78 is 7.89. The van der Waals surface area contributed by atoms with E-state index in [1.807, 2.05) is 29.7 Å². The summed E-state index contributed by atoms with van der Waals surface area (Å²) in [5, 5.41) is 4.13. The minimum absolute atomic E-state index is 0.113. The molecule has 8 nitrogen and oxygen atoms in total. The molecule has 2 aromatic heterocycles. The molecule has 4 heterocycles. The van der Waals surface area contributed by atoms with Gasteiger partial charge in [0, 0.05) is 48.1 Å². The number of fused-ring (bicyclic) bond motifs is 4. The summed E-state index contributed by atoms with van der Waals surface area (Å²) in [6, 6.07) is 15.1. The van der Waals surface area contributed by atoms with Crippen molar-refractivity contribution in [3.63, 3.8) is 0 Å². The zero-order chi connectivity index (χ0) is 24.2. The lowest BCUT2D eigenvalue weighted by molar-refractivity contribution is -0.924. The van der Waals surface area contributed by atoms with Crippen molar-refractivity contribution in [3.05, 3.63) is 93.7 Å². The third kappa shape index (κ3) is 5.17. The number of ether oxygens (including phenoxy) is 1. The number of carbonyl (C=O) groups excluding carboxylic acids is 1. The molecule has 0 aliphatic carbocycles. The monoisotopic (exact) mass is 472 g/mol.